The molecular formula is C24H31F3N6O4S. The van der Waals surface area contributed by atoms with Crippen molar-refractivity contribution in [3.05, 3.63) is 41.2 Å². The van der Waals surface area contributed by atoms with E-state index in [0.29, 0.717) is 51.1 Å². The van der Waals surface area contributed by atoms with Gasteiger partial charge in [-0.3, -0.25) is 4.79 Å². The van der Waals surface area contributed by atoms with E-state index in [4.69, 9.17) is 4.74 Å². The Morgan fingerprint density at radius 3 is 2.34 bits per heavy atom. The number of anilines is 1. The maximum atomic E-state index is 12.9. The van der Waals surface area contributed by atoms with Crippen LogP contribution in [-0.2, 0) is 16.3 Å². The third-order valence-electron chi connectivity index (χ3n) is 6.45. The molecule has 2 aliphatic rings. The van der Waals surface area contributed by atoms with Crippen molar-refractivity contribution in [3.8, 4) is 6.01 Å². The van der Waals surface area contributed by atoms with E-state index >= 15 is 0 Å². The molecule has 1 N–H and O–H groups in total. The number of benzene rings is 1. The molecule has 2 aromatic rings. The highest BCUT2D eigenvalue weighted by atomic mass is 32.2. The van der Waals surface area contributed by atoms with Gasteiger partial charge in [-0.05, 0) is 32.5 Å². The summed E-state index contributed by atoms with van der Waals surface area (Å²) in [7, 11) is 0.00518. The van der Waals surface area contributed by atoms with Crippen LogP contribution >= 0.6 is 0 Å². The Labute approximate surface area is 219 Å². The highest BCUT2D eigenvalue weighted by Gasteiger charge is 2.54. The summed E-state index contributed by atoms with van der Waals surface area (Å²) in [4.78, 5) is 29.0. The van der Waals surface area contributed by atoms with Gasteiger partial charge < -0.3 is 19.9 Å². The van der Waals surface area contributed by atoms with E-state index in [0.717, 1.165) is 0 Å². The Balaban J connectivity index is 1.47. The van der Waals surface area contributed by atoms with Gasteiger partial charge in [0.05, 0.1) is 4.75 Å². The van der Waals surface area contributed by atoms with Gasteiger partial charge in [0, 0.05) is 44.7 Å². The Morgan fingerprint density at radius 2 is 1.76 bits per heavy atom. The average Bonchev–Trinajstić information content (AvgIpc) is 3.64. The summed E-state index contributed by atoms with van der Waals surface area (Å²) in [5.74, 6) is -0.587. The number of sulfone groups is 1. The van der Waals surface area contributed by atoms with Gasteiger partial charge in [-0.25, -0.2) is 8.42 Å². The standard InChI is InChI=1S/C24H31F3N6O4S/c1-32(2)15-23(7-8-23)38(35,36)14-19(34)18-5-3-17(4-6-18)13-20-29-21(33-11-9-28-10-12-33)31-22(30-20)37-16-24(25,26)27/h3-6,28H,7-16H2,1-2H3. The molecule has 1 aromatic carbocycles. The minimum Gasteiger partial charge on any atom is -0.454 e. The Morgan fingerprint density at radius 1 is 1.11 bits per heavy atom. The Hall–Kier alpha value is -2.84. The normalized spacial score (nSPS) is 17.5. The van der Waals surface area contributed by atoms with Crippen molar-refractivity contribution >= 4 is 21.6 Å². The van der Waals surface area contributed by atoms with E-state index in [1.165, 1.54) is 12.1 Å². The van der Waals surface area contributed by atoms with Crippen LogP contribution in [0.25, 0.3) is 0 Å². The molecule has 1 saturated heterocycles. The van der Waals surface area contributed by atoms with E-state index in [2.05, 4.69) is 20.3 Å². The number of piperazine rings is 1. The fraction of sp³-hybridized carbons (Fsp3) is 0.583. The lowest BCUT2D eigenvalue weighted by atomic mass is 10.1. The molecule has 0 unspecified atom stereocenters. The van der Waals surface area contributed by atoms with E-state index < -0.39 is 44.9 Å². The number of halogens is 3. The number of ketones is 1. The number of carbonyl (C=O) groups excluding carboxylic acids is 1. The fourth-order valence-corrected chi connectivity index (χ4v) is 6.36. The zero-order valence-electron chi connectivity index (χ0n) is 21.3. The number of alkyl halides is 3. The third-order valence-corrected chi connectivity index (χ3v) is 8.94. The van der Waals surface area contributed by atoms with Crippen LogP contribution in [0.5, 0.6) is 6.01 Å². The van der Waals surface area contributed by atoms with Crippen LogP contribution in [0.1, 0.15) is 34.6 Å². The number of ether oxygens (including phenoxy) is 1. The van der Waals surface area contributed by atoms with Crippen LogP contribution in [-0.4, -0.2) is 104 Å². The molecule has 0 radical (unpaired) electrons. The van der Waals surface area contributed by atoms with Crippen molar-refractivity contribution in [2.24, 2.45) is 0 Å². The monoisotopic (exact) mass is 556 g/mol. The predicted molar refractivity (Wildman–Crippen MR) is 134 cm³/mol. The summed E-state index contributed by atoms with van der Waals surface area (Å²) >= 11 is 0. The fourth-order valence-electron chi connectivity index (χ4n) is 4.37. The zero-order valence-corrected chi connectivity index (χ0v) is 22.1. The van der Waals surface area contributed by atoms with Gasteiger partial charge in [0.25, 0.3) is 0 Å². The van der Waals surface area contributed by atoms with E-state index in [1.54, 1.807) is 26.2 Å². The van der Waals surface area contributed by atoms with Crippen molar-refractivity contribution < 1.29 is 31.1 Å². The van der Waals surface area contributed by atoms with Crippen molar-refractivity contribution in [1.29, 1.82) is 0 Å². The Kier molecular flexibility index (Phi) is 8.23. The molecule has 0 bridgehead atoms. The van der Waals surface area contributed by atoms with Gasteiger partial charge in [-0.1, -0.05) is 24.3 Å². The summed E-state index contributed by atoms with van der Waals surface area (Å²) in [5.41, 5.74) is 0.958. The average molecular weight is 557 g/mol. The maximum absolute atomic E-state index is 12.9. The third kappa shape index (κ3) is 7.17. The number of hydrogen-bond donors (Lipinski definition) is 1. The molecule has 1 saturated carbocycles. The molecule has 208 valence electrons. The van der Waals surface area contributed by atoms with Crippen LogP contribution in [0.3, 0.4) is 0 Å². The van der Waals surface area contributed by atoms with Crippen molar-refractivity contribution in [3.63, 3.8) is 0 Å². The number of nitrogens with one attached hydrogen (secondary N) is 1. The molecule has 1 aliphatic heterocycles. The Bertz CT molecular complexity index is 1240. The van der Waals surface area contributed by atoms with Crippen LogP contribution in [0.4, 0.5) is 19.1 Å². The van der Waals surface area contributed by atoms with E-state index in [9.17, 15) is 26.4 Å². The van der Waals surface area contributed by atoms with E-state index in [1.807, 2.05) is 9.80 Å². The number of aromatic nitrogens is 3. The molecule has 0 atom stereocenters. The molecule has 10 nitrogen and oxygen atoms in total. The molecule has 14 heteroatoms. The van der Waals surface area contributed by atoms with Gasteiger partial charge in [-0.2, -0.15) is 28.1 Å². The first-order chi connectivity index (χ1) is 17.9. The van der Waals surface area contributed by atoms with Crippen molar-refractivity contribution in [2.45, 2.75) is 30.2 Å². The molecule has 4 rings (SSSR count). The van der Waals surface area contributed by atoms with Gasteiger partial charge in [0.15, 0.2) is 22.2 Å². The number of rotatable bonds is 11. The lowest BCUT2D eigenvalue weighted by molar-refractivity contribution is -0.154. The molecule has 2 heterocycles. The second-order valence-electron chi connectivity index (χ2n) is 9.95. The molecule has 2 fully saturated rings. The zero-order chi connectivity index (χ0) is 27.6. The predicted octanol–water partition coefficient (Wildman–Crippen LogP) is 1.50. The topological polar surface area (TPSA) is 118 Å². The lowest BCUT2D eigenvalue weighted by Crippen LogP contribution is -2.44. The number of carbonyl (C=O) groups is 1. The molecule has 1 aliphatic carbocycles. The summed E-state index contributed by atoms with van der Waals surface area (Å²) in [5, 5.41) is 3.19. The van der Waals surface area contributed by atoms with Crippen LogP contribution in [0.15, 0.2) is 24.3 Å². The number of nitrogens with zero attached hydrogens (tertiary/aromatic N) is 5. The largest absolute Gasteiger partial charge is 0.454 e. The van der Waals surface area contributed by atoms with Crippen LogP contribution in [0.2, 0.25) is 0 Å². The first-order valence-electron chi connectivity index (χ1n) is 12.3. The molecular weight excluding hydrogens is 525 g/mol. The highest BCUT2D eigenvalue weighted by molar-refractivity contribution is 7.93. The number of Topliss-reactive ketones (excluding diaryl/α,β-unsaturated/α-hetero) is 1. The maximum Gasteiger partial charge on any atom is 0.422 e. The summed E-state index contributed by atoms with van der Waals surface area (Å²) in [6.45, 7) is 1.39. The minimum absolute atomic E-state index is 0.155. The SMILES string of the molecule is CN(C)CC1(S(=O)(=O)CC(=O)c2ccc(Cc3nc(OCC(F)(F)F)nc(N4CCNCC4)n3)cc2)CC1. The van der Waals surface area contributed by atoms with E-state index in [-0.39, 0.29) is 23.8 Å². The van der Waals surface area contributed by atoms with Crippen LogP contribution in [0, 0.1) is 0 Å². The second-order valence-corrected chi connectivity index (χ2v) is 12.3. The quantitative estimate of drug-likeness (QED) is 0.408. The lowest BCUT2D eigenvalue weighted by Gasteiger charge is -2.27. The van der Waals surface area contributed by atoms with Gasteiger partial charge in [0.1, 0.15) is 11.6 Å². The molecule has 0 amide bonds. The van der Waals surface area contributed by atoms with Crippen molar-refractivity contribution in [2.75, 3.05) is 64.1 Å². The van der Waals surface area contributed by atoms with Gasteiger partial charge in [-0.15, -0.1) is 0 Å². The molecule has 1 aromatic heterocycles. The first-order valence-corrected chi connectivity index (χ1v) is 13.9. The second kappa shape index (κ2) is 11.1. The van der Waals surface area contributed by atoms with Gasteiger partial charge in [0.2, 0.25) is 5.95 Å². The summed E-state index contributed by atoms with van der Waals surface area (Å²) in [6, 6.07) is 5.97. The first kappa shape index (κ1) is 28.2. The molecule has 0 spiro atoms. The van der Waals surface area contributed by atoms with Crippen LogP contribution < -0.4 is 15.0 Å². The summed E-state index contributed by atoms with van der Waals surface area (Å²) < 4.78 is 67.8. The smallest absolute Gasteiger partial charge is 0.422 e. The number of hydrogen-bond acceptors (Lipinski definition) is 10. The van der Waals surface area contributed by atoms with Crippen molar-refractivity contribution in [1.82, 2.24) is 25.2 Å². The minimum atomic E-state index is -4.54. The molecule has 38 heavy (non-hydrogen) atoms. The summed E-state index contributed by atoms with van der Waals surface area (Å²) in [6.07, 6.45) is -3.28. The van der Waals surface area contributed by atoms with Gasteiger partial charge >= 0.3 is 12.2 Å². The highest BCUT2D eigenvalue weighted by Crippen LogP contribution is 2.44.